The first-order valence-electron chi connectivity index (χ1n) is 5.08. The third-order valence-electron chi connectivity index (χ3n) is 2.42. The van der Waals surface area contributed by atoms with Crippen LogP contribution in [0.1, 0.15) is 12.0 Å². The zero-order valence-electron chi connectivity index (χ0n) is 8.45. The molecule has 0 aromatic heterocycles. The fraction of sp³-hybridized carbons (Fsp3) is 0.400. The van der Waals surface area contributed by atoms with Gasteiger partial charge >= 0.3 is 7.12 Å². The van der Waals surface area contributed by atoms with E-state index in [1.54, 1.807) is 0 Å². The molecule has 0 bridgehead atoms. The summed E-state index contributed by atoms with van der Waals surface area (Å²) in [5.74, 6) is 0. The van der Waals surface area contributed by atoms with Crippen LogP contribution in [0, 0.1) is 0 Å². The summed E-state index contributed by atoms with van der Waals surface area (Å²) in [5.41, 5.74) is 7.69. The van der Waals surface area contributed by atoms with Crippen molar-refractivity contribution in [2.45, 2.75) is 13.0 Å². The van der Waals surface area contributed by atoms with Crippen molar-refractivity contribution in [3.63, 3.8) is 0 Å². The first kappa shape index (κ1) is 11.0. The van der Waals surface area contributed by atoms with Crippen LogP contribution in [0.3, 0.4) is 0 Å². The van der Waals surface area contributed by atoms with Gasteiger partial charge < -0.3 is 15.0 Å². The van der Waals surface area contributed by atoms with E-state index >= 15 is 0 Å². The van der Waals surface area contributed by atoms with Crippen LogP contribution in [0.15, 0.2) is 18.2 Å². The Balaban J connectivity index is 2.02. The lowest BCUT2D eigenvalue weighted by molar-refractivity contribution is 0.0838. The van der Waals surface area contributed by atoms with Gasteiger partial charge in [-0.25, -0.2) is 0 Å². The van der Waals surface area contributed by atoms with Gasteiger partial charge in [-0.2, -0.15) is 0 Å². The van der Waals surface area contributed by atoms with Gasteiger partial charge in [-0.05, 0) is 24.2 Å². The van der Waals surface area contributed by atoms with Crippen LogP contribution < -0.4 is 11.2 Å². The quantitative estimate of drug-likeness (QED) is 0.460. The van der Waals surface area contributed by atoms with Crippen LogP contribution in [-0.2, 0) is 11.3 Å². The van der Waals surface area contributed by atoms with Crippen molar-refractivity contribution in [3.05, 3.63) is 28.8 Å². The smallest absolute Gasteiger partial charge is 0.511 e. The van der Waals surface area contributed by atoms with Gasteiger partial charge in [0.15, 0.2) is 0 Å². The average Bonchev–Trinajstić information content (AvgIpc) is 2.61. The lowest BCUT2D eigenvalue weighted by Gasteiger charge is -2.02. The first-order valence-corrected chi connectivity index (χ1v) is 5.45. The summed E-state index contributed by atoms with van der Waals surface area (Å²) < 4.78 is 10.00. The molecule has 2 rings (SSSR count). The van der Waals surface area contributed by atoms with Crippen molar-refractivity contribution in [1.29, 1.82) is 0 Å². The van der Waals surface area contributed by atoms with Crippen LogP contribution in [0.25, 0.3) is 0 Å². The molecule has 0 amide bonds. The summed E-state index contributed by atoms with van der Waals surface area (Å²) in [5, 5.41) is 0.750. The summed E-state index contributed by atoms with van der Waals surface area (Å²) in [6.07, 6.45) is 0.906. The Kier molecular flexibility index (Phi) is 3.64. The van der Waals surface area contributed by atoms with Crippen LogP contribution in [0.4, 0.5) is 0 Å². The van der Waals surface area contributed by atoms with Gasteiger partial charge in [-0.3, -0.25) is 0 Å². The normalized spacial score (nSPS) is 14.4. The monoisotopic (exact) mass is 226 g/mol. The van der Waals surface area contributed by atoms with Crippen LogP contribution >= 0.6 is 11.6 Å². The molecule has 1 aliphatic heterocycles. The zero-order chi connectivity index (χ0) is 10.7. The largest absolute Gasteiger partial charge is 0.732 e. The lowest BCUT2D eigenvalue weighted by atomic mass is 9.79. The van der Waals surface area contributed by atoms with Crippen LogP contribution in [0.5, 0.6) is 0 Å². The molecular formula is C10H14BClNO2+. The molecule has 0 spiro atoms. The van der Waals surface area contributed by atoms with Gasteiger partial charge in [0.1, 0.15) is 6.61 Å². The van der Waals surface area contributed by atoms with Gasteiger partial charge in [0.25, 0.3) is 0 Å². The molecule has 0 radical (unpaired) electrons. The van der Waals surface area contributed by atoms with E-state index in [1.807, 2.05) is 18.2 Å². The molecule has 0 unspecified atom stereocenters. The van der Waals surface area contributed by atoms with E-state index in [0.717, 1.165) is 29.1 Å². The standard InChI is InChI=1S/C10H13BClNO2/c12-9-2-3-10-8(6-9)7-15-11(10)14-5-1-4-13/h2-3,6H,1,4-5,7,13H2/p+1. The topological polar surface area (TPSA) is 48.0 Å². The number of nitrogens with two attached hydrogens (primary N) is 1. The minimum absolute atomic E-state index is 0.121. The SMILES string of the molecule is NCCC[OH+]B1OCc2cc(Cl)ccc21. The Morgan fingerprint density at radius 3 is 3.20 bits per heavy atom. The summed E-state index contributed by atoms with van der Waals surface area (Å²) >= 11 is 5.90. The van der Waals surface area contributed by atoms with Gasteiger partial charge in [0, 0.05) is 11.4 Å². The fourth-order valence-electron chi connectivity index (χ4n) is 1.65. The summed E-state index contributed by atoms with van der Waals surface area (Å²) in [7, 11) is -0.121. The number of halogens is 1. The third-order valence-corrected chi connectivity index (χ3v) is 2.66. The minimum Gasteiger partial charge on any atom is -0.511 e. The van der Waals surface area contributed by atoms with E-state index in [9.17, 15) is 0 Å². The number of benzene rings is 1. The molecule has 1 aromatic rings. The molecule has 1 aliphatic rings. The fourth-order valence-corrected chi connectivity index (χ4v) is 1.84. The molecule has 1 aromatic carbocycles. The van der Waals surface area contributed by atoms with Crippen LogP contribution in [-0.4, -0.2) is 24.9 Å². The number of fused-ring (bicyclic) bond motifs is 1. The highest BCUT2D eigenvalue weighted by Crippen LogP contribution is 2.15. The Labute approximate surface area is 94.6 Å². The molecule has 0 saturated carbocycles. The molecular weight excluding hydrogens is 212 g/mol. The van der Waals surface area contributed by atoms with Crippen molar-refractivity contribution in [3.8, 4) is 0 Å². The van der Waals surface area contributed by atoms with Gasteiger partial charge in [0.2, 0.25) is 0 Å². The zero-order valence-corrected chi connectivity index (χ0v) is 9.20. The number of hydrogen-bond acceptors (Lipinski definition) is 2. The summed E-state index contributed by atoms with van der Waals surface area (Å²) in [6.45, 7) is 2.03. The second-order valence-corrected chi connectivity index (χ2v) is 3.99. The van der Waals surface area contributed by atoms with Crippen molar-refractivity contribution in [1.82, 2.24) is 0 Å². The number of hydrogen-bond donors (Lipinski definition) is 1. The summed E-state index contributed by atoms with van der Waals surface area (Å²) in [4.78, 5) is 0. The predicted octanol–water partition coefficient (Wildman–Crippen LogP) is 0.442. The Hall–Kier alpha value is -0.545. The first-order chi connectivity index (χ1) is 7.31. The molecule has 3 N–H and O–H groups in total. The van der Waals surface area contributed by atoms with E-state index in [4.69, 9.17) is 22.0 Å². The maximum Gasteiger partial charge on any atom is 0.732 e. The molecule has 0 atom stereocenters. The molecule has 0 saturated heterocycles. The molecule has 5 heteroatoms. The molecule has 80 valence electrons. The molecule has 0 aliphatic carbocycles. The van der Waals surface area contributed by atoms with Crippen molar-refractivity contribution < 1.29 is 9.31 Å². The highest BCUT2D eigenvalue weighted by molar-refractivity contribution is 6.62. The molecule has 1 heterocycles. The van der Waals surface area contributed by atoms with Crippen LogP contribution in [0.2, 0.25) is 5.02 Å². The molecule has 15 heavy (non-hydrogen) atoms. The Morgan fingerprint density at radius 1 is 1.53 bits per heavy atom. The minimum atomic E-state index is -0.121. The molecule has 3 nitrogen and oxygen atoms in total. The van der Waals surface area contributed by atoms with E-state index in [0.29, 0.717) is 13.2 Å². The van der Waals surface area contributed by atoms with Gasteiger partial charge in [-0.1, -0.05) is 17.7 Å². The molecule has 0 fully saturated rings. The number of aliphatic hydroxyl groups is 1. The maximum absolute atomic E-state index is 5.90. The highest BCUT2D eigenvalue weighted by Gasteiger charge is 2.39. The van der Waals surface area contributed by atoms with Gasteiger partial charge in [-0.15, -0.1) is 0 Å². The predicted molar refractivity (Wildman–Crippen MR) is 62.4 cm³/mol. The van der Waals surface area contributed by atoms with Crippen molar-refractivity contribution in [2.24, 2.45) is 5.73 Å². The van der Waals surface area contributed by atoms with E-state index < -0.39 is 0 Å². The lowest BCUT2D eigenvalue weighted by Crippen LogP contribution is -2.36. The van der Waals surface area contributed by atoms with Crippen molar-refractivity contribution in [2.75, 3.05) is 13.2 Å². The van der Waals surface area contributed by atoms with E-state index in [1.165, 1.54) is 0 Å². The third kappa shape index (κ3) is 2.52. The van der Waals surface area contributed by atoms with E-state index in [-0.39, 0.29) is 7.12 Å². The summed E-state index contributed by atoms with van der Waals surface area (Å²) in [6, 6.07) is 5.80. The van der Waals surface area contributed by atoms with Crippen molar-refractivity contribution >= 4 is 24.2 Å². The second kappa shape index (κ2) is 4.99. The Bertz CT molecular complexity index is 348. The average molecular weight is 226 g/mol. The highest BCUT2D eigenvalue weighted by atomic mass is 35.5. The van der Waals surface area contributed by atoms with E-state index in [2.05, 4.69) is 4.65 Å². The number of rotatable bonds is 4. The Morgan fingerprint density at radius 2 is 2.40 bits per heavy atom. The second-order valence-electron chi connectivity index (χ2n) is 3.55. The maximum atomic E-state index is 5.90. The van der Waals surface area contributed by atoms with Gasteiger partial charge in [0.05, 0.1) is 12.1 Å².